The molecule has 2 heterocycles. The fraction of sp³-hybridized carbons (Fsp3) is 0.688. The second-order valence-electron chi connectivity index (χ2n) is 6.17. The Labute approximate surface area is 135 Å². The Kier molecular flexibility index (Phi) is 4.86. The van der Waals surface area contributed by atoms with Gasteiger partial charge < -0.3 is 4.90 Å². The highest BCUT2D eigenvalue weighted by molar-refractivity contribution is 8.00. The average molecular weight is 321 g/mol. The first-order valence-corrected chi connectivity index (χ1v) is 9.13. The molecule has 1 aliphatic carbocycles. The lowest BCUT2D eigenvalue weighted by molar-refractivity contribution is -0.133. The quantitative estimate of drug-likeness (QED) is 0.798. The van der Waals surface area contributed by atoms with Crippen molar-refractivity contribution in [1.29, 1.82) is 0 Å². The summed E-state index contributed by atoms with van der Waals surface area (Å²) < 4.78 is 1.61. The van der Waals surface area contributed by atoms with Crippen LogP contribution in [-0.2, 0) is 11.8 Å². The van der Waals surface area contributed by atoms with Crippen LogP contribution >= 0.6 is 11.8 Å². The average Bonchev–Trinajstić information content (AvgIpc) is 2.98. The van der Waals surface area contributed by atoms with Crippen LogP contribution in [-0.4, -0.2) is 50.0 Å². The summed E-state index contributed by atoms with van der Waals surface area (Å²) in [5.41, 5.74) is 0.597. The molecule has 2 unspecified atom stereocenters. The summed E-state index contributed by atoms with van der Waals surface area (Å²) in [5.74, 6) is 1.19. The van der Waals surface area contributed by atoms with Gasteiger partial charge in [-0.1, -0.05) is 12.8 Å². The molecule has 120 valence electrons. The molecule has 0 radical (unpaired) electrons. The van der Waals surface area contributed by atoms with Gasteiger partial charge in [0.05, 0.1) is 11.8 Å². The van der Waals surface area contributed by atoms with Crippen molar-refractivity contribution in [3.8, 4) is 0 Å². The first-order valence-electron chi connectivity index (χ1n) is 8.08. The second-order valence-corrected chi connectivity index (χ2v) is 7.52. The van der Waals surface area contributed by atoms with E-state index < -0.39 is 0 Å². The summed E-state index contributed by atoms with van der Waals surface area (Å²) in [5, 5.41) is 4.62. The highest BCUT2D eigenvalue weighted by Gasteiger charge is 2.36. The SMILES string of the molecule is Cn1cc(C(=O)CCC(=O)N2CCSC3CCCCC32)cn1. The number of aryl methyl sites for hydroxylation is 1. The third-order valence-corrected chi connectivity index (χ3v) is 6.04. The van der Waals surface area contributed by atoms with E-state index in [0.29, 0.717) is 23.3 Å². The molecular weight excluding hydrogens is 298 g/mol. The van der Waals surface area contributed by atoms with Crippen LogP contribution in [0.1, 0.15) is 48.9 Å². The summed E-state index contributed by atoms with van der Waals surface area (Å²) in [6, 6.07) is 0.397. The first-order chi connectivity index (χ1) is 10.6. The van der Waals surface area contributed by atoms with Gasteiger partial charge in [-0.15, -0.1) is 0 Å². The molecule has 0 bridgehead atoms. The maximum Gasteiger partial charge on any atom is 0.223 e. The predicted octanol–water partition coefficient (Wildman–Crippen LogP) is 2.27. The number of Topliss-reactive ketones (excluding diaryl/α,β-unsaturated/α-hetero) is 1. The number of nitrogens with zero attached hydrogens (tertiary/aromatic N) is 3. The number of ketones is 1. The molecule has 1 aromatic heterocycles. The van der Waals surface area contributed by atoms with Crippen molar-refractivity contribution in [2.24, 2.45) is 7.05 Å². The molecule has 1 aromatic rings. The Morgan fingerprint density at radius 3 is 2.91 bits per heavy atom. The van der Waals surface area contributed by atoms with Gasteiger partial charge >= 0.3 is 0 Å². The van der Waals surface area contributed by atoms with Crippen LogP contribution in [0.25, 0.3) is 0 Å². The van der Waals surface area contributed by atoms with E-state index in [9.17, 15) is 9.59 Å². The van der Waals surface area contributed by atoms with Crippen LogP contribution in [0.15, 0.2) is 12.4 Å². The number of fused-ring (bicyclic) bond motifs is 1. The van der Waals surface area contributed by atoms with Crippen LogP contribution in [0.4, 0.5) is 0 Å². The van der Waals surface area contributed by atoms with Gasteiger partial charge in [0.2, 0.25) is 5.91 Å². The zero-order chi connectivity index (χ0) is 15.5. The number of amides is 1. The van der Waals surface area contributed by atoms with Crippen molar-refractivity contribution < 1.29 is 9.59 Å². The number of rotatable bonds is 4. The molecule has 1 saturated carbocycles. The molecule has 3 rings (SSSR count). The van der Waals surface area contributed by atoms with Crippen LogP contribution in [0.3, 0.4) is 0 Å². The molecule has 1 amide bonds. The van der Waals surface area contributed by atoms with Crippen molar-refractivity contribution in [3.63, 3.8) is 0 Å². The van der Waals surface area contributed by atoms with E-state index >= 15 is 0 Å². The summed E-state index contributed by atoms with van der Waals surface area (Å²) in [4.78, 5) is 26.7. The molecule has 6 heteroatoms. The molecule has 2 fully saturated rings. The van der Waals surface area contributed by atoms with Gasteiger partial charge in [-0.25, -0.2) is 0 Å². The summed E-state index contributed by atoms with van der Waals surface area (Å²) >= 11 is 2.02. The Morgan fingerprint density at radius 1 is 1.32 bits per heavy atom. The number of carbonyl (C=O) groups is 2. The van der Waals surface area contributed by atoms with Gasteiger partial charge in [-0.2, -0.15) is 16.9 Å². The highest BCUT2D eigenvalue weighted by atomic mass is 32.2. The van der Waals surface area contributed by atoms with Crippen LogP contribution in [0, 0.1) is 0 Å². The summed E-state index contributed by atoms with van der Waals surface area (Å²) in [6.07, 6.45) is 8.75. The highest BCUT2D eigenvalue weighted by Crippen LogP contribution is 2.35. The van der Waals surface area contributed by atoms with E-state index in [0.717, 1.165) is 18.7 Å². The van der Waals surface area contributed by atoms with Gasteiger partial charge in [0.1, 0.15) is 0 Å². The third kappa shape index (κ3) is 3.37. The van der Waals surface area contributed by atoms with Gasteiger partial charge in [0, 0.05) is 49.7 Å². The van der Waals surface area contributed by atoms with Gasteiger partial charge in [0.25, 0.3) is 0 Å². The van der Waals surface area contributed by atoms with Gasteiger partial charge in [-0.3, -0.25) is 14.3 Å². The van der Waals surface area contributed by atoms with Crippen molar-refractivity contribution in [3.05, 3.63) is 18.0 Å². The Balaban J connectivity index is 1.56. The number of thioether (sulfide) groups is 1. The van der Waals surface area contributed by atoms with Gasteiger partial charge in [-0.05, 0) is 12.8 Å². The Morgan fingerprint density at radius 2 is 2.14 bits per heavy atom. The van der Waals surface area contributed by atoms with Crippen LogP contribution < -0.4 is 0 Å². The topological polar surface area (TPSA) is 55.2 Å². The first kappa shape index (κ1) is 15.6. The Hall–Kier alpha value is -1.30. The molecule has 0 N–H and O–H groups in total. The fourth-order valence-electron chi connectivity index (χ4n) is 3.48. The summed E-state index contributed by atoms with van der Waals surface area (Å²) in [7, 11) is 1.79. The van der Waals surface area contributed by atoms with Crippen LogP contribution in [0.5, 0.6) is 0 Å². The molecular formula is C16H23N3O2S. The number of hydrogen-bond donors (Lipinski definition) is 0. The number of hydrogen-bond acceptors (Lipinski definition) is 4. The van der Waals surface area contributed by atoms with E-state index in [1.807, 2.05) is 11.8 Å². The zero-order valence-corrected chi connectivity index (χ0v) is 13.8. The van der Waals surface area contributed by atoms with E-state index in [1.165, 1.54) is 19.3 Å². The molecule has 1 aliphatic heterocycles. The maximum absolute atomic E-state index is 12.5. The lowest BCUT2D eigenvalue weighted by atomic mass is 9.93. The van der Waals surface area contributed by atoms with Crippen molar-refractivity contribution >= 4 is 23.5 Å². The van der Waals surface area contributed by atoms with E-state index in [2.05, 4.69) is 10.00 Å². The van der Waals surface area contributed by atoms with Crippen molar-refractivity contribution in [2.75, 3.05) is 12.3 Å². The molecule has 22 heavy (non-hydrogen) atoms. The van der Waals surface area contributed by atoms with Crippen LogP contribution in [0.2, 0.25) is 0 Å². The molecule has 2 atom stereocenters. The fourth-order valence-corrected chi connectivity index (χ4v) is 4.92. The maximum atomic E-state index is 12.5. The van der Waals surface area contributed by atoms with E-state index in [1.54, 1.807) is 24.1 Å². The Bertz CT molecular complexity index is 555. The standard InChI is InChI=1S/C16H23N3O2S/c1-18-11-12(10-17-18)14(20)6-7-16(21)19-8-9-22-15-5-3-2-4-13(15)19/h10-11,13,15H,2-9H2,1H3. The minimum atomic E-state index is 0.00743. The number of aromatic nitrogens is 2. The van der Waals surface area contributed by atoms with Crippen molar-refractivity contribution in [1.82, 2.24) is 14.7 Å². The lowest BCUT2D eigenvalue weighted by Crippen LogP contribution is -2.51. The second kappa shape index (κ2) is 6.86. The largest absolute Gasteiger partial charge is 0.338 e. The smallest absolute Gasteiger partial charge is 0.223 e. The lowest BCUT2D eigenvalue weighted by Gasteiger charge is -2.43. The third-order valence-electron chi connectivity index (χ3n) is 4.65. The minimum absolute atomic E-state index is 0.00743. The normalized spacial score (nSPS) is 24.9. The molecule has 0 spiro atoms. The molecule has 5 nitrogen and oxygen atoms in total. The molecule has 2 aliphatic rings. The van der Waals surface area contributed by atoms with E-state index in [-0.39, 0.29) is 18.1 Å². The number of carbonyl (C=O) groups excluding carboxylic acids is 2. The molecule has 0 aromatic carbocycles. The predicted molar refractivity (Wildman–Crippen MR) is 87.0 cm³/mol. The van der Waals surface area contributed by atoms with Gasteiger partial charge in [0.15, 0.2) is 5.78 Å². The summed E-state index contributed by atoms with van der Waals surface area (Å²) in [6.45, 7) is 0.839. The van der Waals surface area contributed by atoms with Crippen molar-refractivity contribution in [2.45, 2.75) is 49.8 Å². The monoisotopic (exact) mass is 321 g/mol. The van der Waals surface area contributed by atoms with E-state index in [4.69, 9.17) is 0 Å². The minimum Gasteiger partial charge on any atom is -0.338 e. The zero-order valence-electron chi connectivity index (χ0n) is 13.0. The molecule has 1 saturated heterocycles.